The van der Waals surface area contributed by atoms with E-state index in [4.69, 9.17) is 0 Å². The van der Waals surface area contributed by atoms with Crippen molar-refractivity contribution in [3.8, 4) is 0 Å². The Labute approximate surface area is 114 Å². The predicted molar refractivity (Wildman–Crippen MR) is 75.7 cm³/mol. The number of hydrogen-bond donors (Lipinski definition) is 1. The van der Waals surface area contributed by atoms with Crippen molar-refractivity contribution in [1.29, 1.82) is 0 Å². The molecule has 1 fully saturated rings. The van der Waals surface area contributed by atoms with Gasteiger partial charge in [-0.05, 0) is 35.6 Å². The highest BCUT2D eigenvalue weighted by atomic mass is 16.2. The number of aryl methyl sites for hydroxylation is 2. The summed E-state index contributed by atoms with van der Waals surface area (Å²) in [6.45, 7) is 8.24. The van der Waals surface area contributed by atoms with E-state index in [0.717, 1.165) is 19.3 Å². The molecule has 1 atom stereocenters. The van der Waals surface area contributed by atoms with Gasteiger partial charge < -0.3 is 10.2 Å². The van der Waals surface area contributed by atoms with Gasteiger partial charge in [-0.25, -0.2) is 0 Å². The highest BCUT2D eigenvalue weighted by Crippen LogP contribution is 2.40. The quantitative estimate of drug-likeness (QED) is 0.832. The van der Waals surface area contributed by atoms with Crippen LogP contribution in [0.15, 0.2) is 24.5 Å². The Morgan fingerprint density at radius 1 is 1.42 bits per heavy atom. The second-order valence-corrected chi connectivity index (χ2v) is 5.75. The summed E-state index contributed by atoms with van der Waals surface area (Å²) >= 11 is 0. The minimum absolute atomic E-state index is 0.0913. The third-order valence-electron chi connectivity index (χ3n) is 4.71. The molecule has 100 valence electrons. The van der Waals surface area contributed by atoms with Crippen molar-refractivity contribution < 1.29 is 4.79 Å². The summed E-state index contributed by atoms with van der Waals surface area (Å²) in [4.78, 5) is 14.4. The third kappa shape index (κ3) is 1.54. The molecule has 0 saturated carbocycles. The van der Waals surface area contributed by atoms with E-state index >= 15 is 0 Å². The van der Waals surface area contributed by atoms with E-state index in [0.29, 0.717) is 5.82 Å². The highest BCUT2D eigenvalue weighted by molar-refractivity contribution is 5.92. The first-order chi connectivity index (χ1) is 8.98. The van der Waals surface area contributed by atoms with E-state index in [2.05, 4.69) is 37.9 Å². The van der Waals surface area contributed by atoms with Crippen molar-refractivity contribution in [2.75, 3.05) is 7.05 Å². The number of fused-ring (bicyclic) bond motifs is 1. The first-order valence-corrected chi connectivity index (χ1v) is 6.83. The monoisotopic (exact) mass is 256 g/mol. The van der Waals surface area contributed by atoms with Gasteiger partial charge in [0, 0.05) is 19.9 Å². The largest absolute Gasteiger partial charge is 0.346 e. The molecule has 1 spiro atoms. The van der Waals surface area contributed by atoms with Crippen LogP contribution in [0.3, 0.4) is 0 Å². The maximum atomic E-state index is 12.3. The summed E-state index contributed by atoms with van der Waals surface area (Å²) in [5.74, 6) is 0.805. The number of benzene rings is 1. The fourth-order valence-corrected chi connectivity index (χ4v) is 3.40. The van der Waals surface area contributed by atoms with E-state index in [1.165, 1.54) is 22.3 Å². The maximum absolute atomic E-state index is 12.3. The first kappa shape index (κ1) is 12.3. The lowest BCUT2D eigenvalue weighted by Gasteiger charge is -2.29. The lowest BCUT2D eigenvalue weighted by molar-refractivity contribution is -0.125. The van der Waals surface area contributed by atoms with Crippen molar-refractivity contribution in [3.05, 3.63) is 46.8 Å². The molecule has 1 unspecified atom stereocenters. The molecule has 3 rings (SSSR count). The Morgan fingerprint density at radius 3 is 2.74 bits per heavy atom. The number of carbonyl (C=O) groups excluding carboxylic acids is 1. The average molecular weight is 256 g/mol. The molecular formula is C16H20N2O. The standard InChI is InChI=1S/C16H20N2O/c1-5-12-6-10(2)14-9-16(8-13(14)7-12)15(19)17-11(3)18(16)4/h6-7H,3,5,8-9H2,1-2,4H3,(H,17,19). The van der Waals surface area contributed by atoms with Crippen molar-refractivity contribution >= 4 is 5.91 Å². The number of hydrogen-bond acceptors (Lipinski definition) is 2. The molecule has 1 aromatic carbocycles. The number of amides is 1. The number of rotatable bonds is 1. The van der Waals surface area contributed by atoms with Gasteiger partial charge in [-0.2, -0.15) is 0 Å². The van der Waals surface area contributed by atoms with E-state index in [-0.39, 0.29) is 5.91 Å². The SMILES string of the molecule is C=C1NC(=O)C2(Cc3cc(CC)cc(C)c3C2)N1C. The van der Waals surface area contributed by atoms with Crippen LogP contribution in [0.5, 0.6) is 0 Å². The second-order valence-electron chi connectivity index (χ2n) is 5.75. The first-order valence-electron chi connectivity index (χ1n) is 6.83. The minimum atomic E-state index is -0.448. The fourth-order valence-electron chi connectivity index (χ4n) is 3.40. The van der Waals surface area contributed by atoms with Crippen LogP contribution in [-0.4, -0.2) is 23.4 Å². The second kappa shape index (κ2) is 3.86. The number of nitrogens with zero attached hydrogens (tertiary/aromatic N) is 1. The molecule has 1 N–H and O–H groups in total. The number of likely N-dealkylation sites (N-methyl/N-ethyl adjacent to an activating group) is 1. The van der Waals surface area contributed by atoms with Crippen LogP contribution >= 0.6 is 0 Å². The summed E-state index contributed by atoms with van der Waals surface area (Å²) in [7, 11) is 1.96. The summed E-state index contributed by atoms with van der Waals surface area (Å²) < 4.78 is 0. The van der Waals surface area contributed by atoms with Gasteiger partial charge in [-0.1, -0.05) is 25.6 Å². The normalized spacial score (nSPS) is 25.1. The molecule has 19 heavy (non-hydrogen) atoms. The zero-order valence-corrected chi connectivity index (χ0v) is 11.8. The van der Waals surface area contributed by atoms with Gasteiger partial charge in [-0.15, -0.1) is 0 Å². The molecular weight excluding hydrogens is 236 g/mol. The molecule has 1 heterocycles. The van der Waals surface area contributed by atoms with E-state index in [9.17, 15) is 4.79 Å². The maximum Gasteiger partial charge on any atom is 0.252 e. The zero-order chi connectivity index (χ0) is 13.8. The van der Waals surface area contributed by atoms with Gasteiger partial charge in [-0.3, -0.25) is 4.79 Å². The molecule has 2 aliphatic rings. The predicted octanol–water partition coefficient (Wildman–Crippen LogP) is 1.93. The summed E-state index contributed by atoms with van der Waals surface area (Å²) in [5, 5.41) is 2.87. The lowest BCUT2D eigenvalue weighted by atomic mass is 9.94. The van der Waals surface area contributed by atoms with E-state index < -0.39 is 5.54 Å². The van der Waals surface area contributed by atoms with Gasteiger partial charge in [0.2, 0.25) is 0 Å². The summed E-state index contributed by atoms with van der Waals surface area (Å²) in [5.41, 5.74) is 4.89. The van der Waals surface area contributed by atoms with Gasteiger partial charge in [0.15, 0.2) is 0 Å². The Balaban J connectivity index is 2.07. The van der Waals surface area contributed by atoms with Crippen LogP contribution in [0.2, 0.25) is 0 Å². The summed E-state index contributed by atoms with van der Waals surface area (Å²) in [6.07, 6.45) is 2.62. The van der Waals surface area contributed by atoms with E-state index in [1.54, 1.807) is 0 Å². The van der Waals surface area contributed by atoms with Gasteiger partial charge in [0.05, 0.1) is 0 Å². The van der Waals surface area contributed by atoms with Crippen molar-refractivity contribution in [2.45, 2.75) is 38.6 Å². The average Bonchev–Trinajstić information content (AvgIpc) is 2.86. The molecule has 1 amide bonds. The Morgan fingerprint density at radius 2 is 2.16 bits per heavy atom. The number of carbonyl (C=O) groups is 1. The van der Waals surface area contributed by atoms with Crippen LogP contribution < -0.4 is 5.32 Å². The molecule has 0 bridgehead atoms. The topological polar surface area (TPSA) is 32.3 Å². The van der Waals surface area contributed by atoms with Crippen LogP contribution in [-0.2, 0) is 24.1 Å². The van der Waals surface area contributed by atoms with Crippen molar-refractivity contribution in [2.24, 2.45) is 0 Å². The molecule has 1 aliphatic heterocycles. The zero-order valence-electron chi connectivity index (χ0n) is 11.8. The fraction of sp³-hybridized carbons (Fsp3) is 0.438. The van der Waals surface area contributed by atoms with E-state index in [1.807, 2.05) is 11.9 Å². The minimum Gasteiger partial charge on any atom is -0.346 e. The van der Waals surface area contributed by atoms with Crippen molar-refractivity contribution in [1.82, 2.24) is 10.2 Å². The van der Waals surface area contributed by atoms with Gasteiger partial charge in [0.1, 0.15) is 11.4 Å². The Hall–Kier alpha value is -1.77. The lowest BCUT2D eigenvalue weighted by Crippen LogP contribution is -2.47. The van der Waals surface area contributed by atoms with Gasteiger partial charge >= 0.3 is 0 Å². The number of nitrogens with one attached hydrogen (secondary N) is 1. The third-order valence-corrected chi connectivity index (χ3v) is 4.71. The highest BCUT2D eigenvalue weighted by Gasteiger charge is 2.52. The molecule has 3 heteroatoms. The van der Waals surface area contributed by atoms with Crippen LogP contribution in [0, 0.1) is 6.92 Å². The van der Waals surface area contributed by atoms with Crippen LogP contribution in [0.4, 0.5) is 0 Å². The molecule has 0 aromatic heterocycles. The Kier molecular flexibility index (Phi) is 2.49. The molecule has 3 nitrogen and oxygen atoms in total. The molecule has 1 aromatic rings. The molecule has 0 radical (unpaired) electrons. The van der Waals surface area contributed by atoms with Crippen LogP contribution in [0.25, 0.3) is 0 Å². The smallest absolute Gasteiger partial charge is 0.252 e. The molecule has 1 aliphatic carbocycles. The van der Waals surface area contributed by atoms with Crippen LogP contribution in [0.1, 0.15) is 29.2 Å². The van der Waals surface area contributed by atoms with Gasteiger partial charge in [0.25, 0.3) is 5.91 Å². The molecule has 1 saturated heterocycles. The van der Waals surface area contributed by atoms with Crippen molar-refractivity contribution in [3.63, 3.8) is 0 Å². The summed E-state index contributed by atoms with van der Waals surface area (Å²) in [6, 6.07) is 4.51. The Bertz CT molecular complexity index is 591.